The van der Waals surface area contributed by atoms with Crippen LogP contribution in [0.3, 0.4) is 0 Å². The summed E-state index contributed by atoms with van der Waals surface area (Å²) in [4.78, 5) is 1.74. The Bertz CT molecular complexity index is 336. The highest BCUT2D eigenvalue weighted by atomic mass is 16.6. The Hall–Kier alpha value is -1.14. The SMILES string of the molecule is CCc1ccc(O[C@H](O)CN(CCO)CCO)cc1. The average Bonchev–Trinajstić information content (AvgIpc) is 2.40. The summed E-state index contributed by atoms with van der Waals surface area (Å²) in [5.74, 6) is 0.609. The molecule has 5 heteroatoms. The number of nitrogens with zero attached hydrogens (tertiary/aromatic N) is 1. The highest BCUT2D eigenvalue weighted by Crippen LogP contribution is 2.14. The Kier molecular flexibility index (Phi) is 7.43. The van der Waals surface area contributed by atoms with E-state index in [2.05, 4.69) is 6.92 Å². The Morgan fingerprint density at radius 2 is 1.68 bits per heavy atom. The van der Waals surface area contributed by atoms with Crippen LogP contribution in [0.4, 0.5) is 0 Å². The number of hydrogen-bond donors (Lipinski definition) is 3. The third kappa shape index (κ3) is 6.02. The van der Waals surface area contributed by atoms with Gasteiger partial charge in [0, 0.05) is 13.1 Å². The lowest BCUT2D eigenvalue weighted by Gasteiger charge is -2.23. The van der Waals surface area contributed by atoms with Gasteiger partial charge in [-0.2, -0.15) is 0 Å². The normalized spacial score (nSPS) is 12.7. The molecule has 0 unspecified atom stereocenters. The van der Waals surface area contributed by atoms with Gasteiger partial charge in [0.05, 0.1) is 19.8 Å². The monoisotopic (exact) mass is 269 g/mol. The molecule has 3 N–H and O–H groups in total. The molecule has 0 amide bonds. The first-order chi connectivity index (χ1) is 9.19. The lowest BCUT2D eigenvalue weighted by atomic mass is 10.2. The molecule has 0 aromatic heterocycles. The molecule has 1 aromatic rings. The zero-order valence-corrected chi connectivity index (χ0v) is 11.3. The van der Waals surface area contributed by atoms with E-state index in [-0.39, 0.29) is 19.8 Å². The van der Waals surface area contributed by atoms with E-state index in [1.165, 1.54) is 5.56 Å². The van der Waals surface area contributed by atoms with Gasteiger partial charge in [0.2, 0.25) is 6.29 Å². The fourth-order valence-electron chi connectivity index (χ4n) is 1.80. The number of rotatable bonds is 9. The van der Waals surface area contributed by atoms with Gasteiger partial charge in [-0.15, -0.1) is 0 Å². The van der Waals surface area contributed by atoms with Crippen LogP contribution in [0.1, 0.15) is 12.5 Å². The lowest BCUT2D eigenvalue weighted by molar-refractivity contribution is -0.0448. The first-order valence-corrected chi connectivity index (χ1v) is 6.57. The van der Waals surface area contributed by atoms with Gasteiger partial charge in [-0.25, -0.2) is 0 Å². The number of aliphatic hydroxyl groups excluding tert-OH is 3. The zero-order chi connectivity index (χ0) is 14.1. The first kappa shape index (κ1) is 15.9. The minimum atomic E-state index is -0.981. The minimum Gasteiger partial charge on any atom is -0.464 e. The smallest absolute Gasteiger partial charge is 0.210 e. The molecule has 0 radical (unpaired) electrons. The Morgan fingerprint density at radius 3 is 2.16 bits per heavy atom. The molecular weight excluding hydrogens is 246 g/mol. The van der Waals surface area contributed by atoms with Gasteiger partial charge in [0.15, 0.2) is 0 Å². The Balaban J connectivity index is 2.45. The summed E-state index contributed by atoms with van der Waals surface area (Å²) in [6.07, 6.45) is -0.0190. The van der Waals surface area contributed by atoms with Gasteiger partial charge in [-0.05, 0) is 24.1 Å². The van der Waals surface area contributed by atoms with Crippen molar-refractivity contribution in [2.24, 2.45) is 0 Å². The second kappa shape index (κ2) is 8.87. The van der Waals surface area contributed by atoms with E-state index in [4.69, 9.17) is 14.9 Å². The maximum Gasteiger partial charge on any atom is 0.210 e. The molecule has 108 valence electrons. The van der Waals surface area contributed by atoms with Crippen molar-refractivity contribution in [1.29, 1.82) is 0 Å². The topological polar surface area (TPSA) is 73.2 Å². The van der Waals surface area contributed by atoms with Crippen LogP contribution in [0, 0.1) is 0 Å². The van der Waals surface area contributed by atoms with Crippen LogP contribution in [-0.4, -0.2) is 59.4 Å². The average molecular weight is 269 g/mol. The van der Waals surface area contributed by atoms with Crippen LogP contribution in [-0.2, 0) is 6.42 Å². The molecule has 0 aliphatic rings. The van der Waals surface area contributed by atoms with Crippen molar-refractivity contribution < 1.29 is 20.1 Å². The molecule has 1 rings (SSSR count). The molecule has 19 heavy (non-hydrogen) atoms. The van der Waals surface area contributed by atoms with Crippen LogP contribution < -0.4 is 4.74 Å². The van der Waals surface area contributed by atoms with Crippen LogP contribution in [0.2, 0.25) is 0 Å². The molecule has 1 atom stereocenters. The predicted molar refractivity (Wildman–Crippen MR) is 73.1 cm³/mol. The second-order valence-corrected chi connectivity index (χ2v) is 4.32. The zero-order valence-electron chi connectivity index (χ0n) is 11.3. The van der Waals surface area contributed by atoms with E-state index >= 15 is 0 Å². The summed E-state index contributed by atoms with van der Waals surface area (Å²) in [6.45, 7) is 3.09. The molecule has 5 nitrogen and oxygen atoms in total. The third-order valence-corrected chi connectivity index (χ3v) is 2.85. The molecule has 0 bridgehead atoms. The van der Waals surface area contributed by atoms with E-state index in [0.717, 1.165) is 6.42 Å². The standard InChI is InChI=1S/C14H23NO4/c1-2-12-3-5-13(6-4-12)19-14(18)11-15(7-9-16)8-10-17/h3-6,14,16-18H,2,7-11H2,1H3/t14-/m0/s1. The van der Waals surface area contributed by atoms with Crippen molar-refractivity contribution in [2.45, 2.75) is 19.6 Å². The molecule has 0 saturated heterocycles. The van der Waals surface area contributed by atoms with Gasteiger partial charge >= 0.3 is 0 Å². The maximum atomic E-state index is 9.83. The third-order valence-electron chi connectivity index (χ3n) is 2.85. The summed E-state index contributed by atoms with van der Waals surface area (Å²) < 4.78 is 5.39. The number of ether oxygens (including phenoxy) is 1. The summed E-state index contributed by atoms with van der Waals surface area (Å²) in [5, 5.41) is 27.6. The van der Waals surface area contributed by atoms with Gasteiger partial charge in [-0.3, -0.25) is 4.90 Å². The highest BCUT2D eigenvalue weighted by Gasteiger charge is 2.12. The minimum absolute atomic E-state index is 0.0160. The van der Waals surface area contributed by atoms with Gasteiger partial charge < -0.3 is 20.1 Å². The predicted octanol–water partition coefficient (Wildman–Crippen LogP) is 0.233. The molecule has 0 aliphatic heterocycles. The van der Waals surface area contributed by atoms with Gasteiger partial charge in [-0.1, -0.05) is 19.1 Å². The number of benzene rings is 1. The van der Waals surface area contributed by atoms with E-state index in [1.807, 2.05) is 24.3 Å². The van der Waals surface area contributed by atoms with Crippen molar-refractivity contribution in [3.63, 3.8) is 0 Å². The van der Waals surface area contributed by atoms with Gasteiger partial charge in [0.1, 0.15) is 5.75 Å². The molecule has 0 heterocycles. The Morgan fingerprint density at radius 1 is 1.11 bits per heavy atom. The fourth-order valence-corrected chi connectivity index (χ4v) is 1.80. The molecule has 0 saturated carbocycles. The van der Waals surface area contributed by atoms with E-state index in [9.17, 15) is 5.11 Å². The largest absolute Gasteiger partial charge is 0.464 e. The van der Waals surface area contributed by atoms with Crippen LogP contribution in [0.5, 0.6) is 5.75 Å². The van der Waals surface area contributed by atoms with Crippen molar-refractivity contribution in [3.05, 3.63) is 29.8 Å². The fraction of sp³-hybridized carbons (Fsp3) is 0.571. The molecular formula is C14H23NO4. The van der Waals surface area contributed by atoms with E-state index in [0.29, 0.717) is 18.8 Å². The van der Waals surface area contributed by atoms with Crippen LogP contribution >= 0.6 is 0 Å². The van der Waals surface area contributed by atoms with Crippen molar-refractivity contribution in [1.82, 2.24) is 4.90 Å². The van der Waals surface area contributed by atoms with E-state index < -0.39 is 6.29 Å². The lowest BCUT2D eigenvalue weighted by Crippen LogP contribution is -2.38. The number of hydrogen-bond acceptors (Lipinski definition) is 5. The Labute approximate surface area is 114 Å². The molecule has 0 aliphatic carbocycles. The molecule has 1 aromatic carbocycles. The first-order valence-electron chi connectivity index (χ1n) is 6.57. The summed E-state index contributed by atoms with van der Waals surface area (Å²) >= 11 is 0. The summed E-state index contributed by atoms with van der Waals surface area (Å²) in [7, 11) is 0. The molecule has 0 fully saturated rings. The highest BCUT2D eigenvalue weighted by molar-refractivity contribution is 5.27. The second-order valence-electron chi connectivity index (χ2n) is 4.32. The van der Waals surface area contributed by atoms with E-state index in [1.54, 1.807) is 4.90 Å². The van der Waals surface area contributed by atoms with Crippen molar-refractivity contribution in [3.8, 4) is 5.75 Å². The molecule has 0 spiro atoms. The van der Waals surface area contributed by atoms with Crippen molar-refractivity contribution in [2.75, 3.05) is 32.8 Å². The quantitative estimate of drug-likeness (QED) is 0.560. The summed E-state index contributed by atoms with van der Waals surface area (Å²) in [6, 6.07) is 7.57. The summed E-state index contributed by atoms with van der Waals surface area (Å²) in [5.41, 5.74) is 1.21. The van der Waals surface area contributed by atoms with Crippen molar-refractivity contribution >= 4 is 0 Å². The maximum absolute atomic E-state index is 9.83. The van der Waals surface area contributed by atoms with Gasteiger partial charge in [0.25, 0.3) is 0 Å². The number of aryl methyl sites for hydroxylation is 1. The van der Waals surface area contributed by atoms with Crippen LogP contribution in [0.15, 0.2) is 24.3 Å². The number of aliphatic hydroxyl groups is 3. The van der Waals surface area contributed by atoms with Crippen LogP contribution in [0.25, 0.3) is 0 Å².